The topological polar surface area (TPSA) is 3.24 Å². The zero-order chi connectivity index (χ0) is 14.1. The van der Waals surface area contributed by atoms with Gasteiger partial charge in [-0.15, -0.1) is 0 Å². The molecular formula is C17H26ClN. The smallest absolute Gasteiger partial charge is 0.0406 e. The van der Waals surface area contributed by atoms with E-state index in [9.17, 15) is 0 Å². The van der Waals surface area contributed by atoms with Gasteiger partial charge in [-0.2, -0.15) is 0 Å². The maximum atomic E-state index is 5.86. The van der Waals surface area contributed by atoms with E-state index in [0.717, 1.165) is 12.0 Å². The summed E-state index contributed by atoms with van der Waals surface area (Å²) in [6.07, 6.45) is 4.93. The Morgan fingerprint density at radius 2 is 1.79 bits per heavy atom. The first-order valence-electron chi connectivity index (χ1n) is 7.33. The van der Waals surface area contributed by atoms with E-state index in [1.165, 1.54) is 44.5 Å². The molecule has 0 aliphatic carbocycles. The van der Waals surface area contributed by atoms with Gasteiger partial charge in [-0.25, -0.2) is 0 Å². The molecule has 1 rings (SSSR count). The summed E-state index contributed by atoms with van der Waals surface area (Å²) < 4.78 is 0. The first-order valence-corrected chi connectivity index (χ1v) is 7.71. The fraction of sp³-hybridized carbons (Fsp3) is 0.529. The van der Waals surface area contributed by atoms with Crippen LogP contribution >= 0.6 is 11.6 Å². The first kappa shape index (κ1) is 16.3. The number of hydrogen-bond donors (Lipinski definition) is 0. The molecule has 0 saturated carbocycles. The van der Waals surface area contributed by atoms with Crippen molar-refractivity contribution in [3.05, 3.63) is 42.0 Å². The molecule has 0 aliphatic rings. The van der Waals surface area contributed by atoms with Gasteiger partial charge in [0.15, 0.2) is 0 Å². The Hall–Kier alpha value is -0.790. The average Bonchev–Trinajstić information content (AvgIpc) is 2.42. The number of rotatable bonds is 9. The van der Waals surface area contributed by atoms with Gasteiger partial charge in [0.05, 0.1) is 0 Å². The van der Waals surface area contributed by atoms with Crippen LogP contribution in [0.25, 0.3) is 5.03 Å². The largest absolute Gasteiger partial charge is 0.304 e. The van der Waals surface area contributed by atoms with Crippen molar-refractivity contribution in [2.45, 2.75) is 39.5 Å². The number of nitrogens with zero attached hydrogens (tertiary/aromatic N) is 1. The SMILES string of the molecule is C=C(Cl)c1ccc(CCCCN(CC)CCC)cc1. The quantitative estimate of drug-likeness (QED) is 0.578. The van der Waals surface area contributed by atoms with Crippen LogP contribution in [0.2, 0.25) is 0 Å². The second-order valence-corrected chi connectivity index (χ2v) is 5.45. The highest BCUT2D eigenvalue weighted by molar-refractivity contribution is 6.48. The normalized spacial score (nSPS) is 10.9. The Kier molecular flexibility index (Phi) is 7.85. The fourth-order valence-corrected chi connectivity index (χ4v) is 2.39. The predicted molar refractivity (Wildman–Crippen MR) is 86.7 cm³/mol. The van der Waals surface area contributed by atoms with E-state index in [4.69, 9.17) is 11.6 Å². The van der Waals surface area contributed by atoms with Crippen molar-refractivity contribution >= 4 is 16.6 Å². The Morgan fingerprint density at radius 1 is 1.11 bits per heavy atom. The summed E-state index contributed by atoms with van der Waals surface area (Å²) in [6, 6.07) is 8.43. The molecule has 2 heteroatoms. The Bertz CT molecular complexity index is 369. The van der Waals surface area contributed by atoms with Crippen LogP contribution < -0.4 is 0 Å². The molecule has 0 unspecified atom stereocenters. The van der Waals surface area contributed by atoms with Crippen molar-refractivity contribution in [2.24, 2.45) is 0 Å². The van der Waals surface area contributed by atoms with E-state index in [-0.39, 0.29) is 0 Å². The molecule has 19 heavy (non-hydrogen) atoms. The lowest BCUT2D eigenvalue weighted by atomic mass is 10.1. The highest BCUT2D eigenvalue weighted by Crippen LogP contribution is 2.17. The summed E-state index contributed by atoms with van der Waals surface area (Å²) in [5.74, 6) is 0. The number of aryl methyl sites for hydroxylation is 1. The molecule has 0 aromatic heterocycles. The molecular weight excluding hydrogens is 254 g/mol. The molecule has 0 amide bonds. The molecule has 0 N–H and O–H groups in total. The lowest BCUT2D eigenvalue weighted by Gasteiger charge is -2.19. The summed E-state index contributed by atoms with van der Waals surface area (Å²) in [5, 5.41) is 0.615. The van der Waals surface area contributed by atoms with Crippen molar-refractivity contribution in [3.8, 4) is 0 Å². The number of halogens is 1. The monoisotopic (exact) mass is 279 g/mol. The zero-order valence-electron chi connectivity index (χ0n) is 12.3. The molecule has 0 aliphatic heterocycles. The second-order valence-electron chi connectivity index (χ2n) is 4.99. The van der Waals surface area contributed by atoms with E-state index in [1.54, 1.807) is 0 Å². The van der Waals surface area contributed by atoms with Crippen LogP contribution in [0.5, 0.6) is 0 Å². The van der Waals surface area contributed by atoms with Gasteiger partial charge in [-0.1, -0.05) is 56.3 Å². The summed E-state index contributed by atoms with van der Waals surface area (Å²) in [4.78, 5) is 2.53. The van der Waals surface area contributed by atoms with E-state index in [0.29, 0.717) is 5.03 Å². The lowest BCUT2D eigenvalue weighted by molar-refractivity contribution is 0.282. The zero-order valence-corrected chi connectivity index (χ0v) is 13.0. The third-order valence-electron chi connectivity index (χ3n) is 3.44. The Labute approximate surface area is 123 Å². The van der Waals surface area contributed by atoms with Gasteiger partial charge in [0, 0.05) is 5.03 Å². The highest BCUT2D eigenvalue weighted by atomic mass is 35.5. The van der Waals surface area contributed by atoms with Crippen LogP contribution in [0, 0.1) is 0 Å². The molecule has 0 bridgehead atoms. The molecule has 1 nitrogen and oxygen atoms in total. The van der Waals surface area contributed by atoms with E-state index < -0.39 is 0 Å². The minimum Gasteiger partial charge on any atom is -0.304 e. The summed E-state index contributed by atoms with van der Waals surface area (Å²) >= 11 is 5.86. The van der Waals surface area contributed by atoms with Gasteiger partial charge >= 0.3 is 0 Å². The first-order chi connectivity index (χ1) is 9.17. The molecule has 0 spiro atoms. The van der Waals surface area contributed by atoms with Crippen LogP contribution in [0.1, 0.15) is 44.2 Å². The molecule has 1 aromatic carbocycles. The van der Waals surface area contributed by atoms with Gasteiger partial charge in [0.25, 0.3) is 0 Å². The third kappa shape index (κ3) is 6.26. The Balaban J connectivity index is 2.27. The van der Waals surface area contributed by atoms with E-state index in [1.807, 2.05) is 0 Å². The van der Waals surface area contributed by atoms with Crippen molar-refractivity contribution in [1.82, 2.24) is 4.90 Å². The minimum absolute atomic E-state index is 0.615. The van der Waals surface area contributed by atoms with Gasteiger partial charge in [0.2, 0.25) is 0 Å². The number of benzene rings is 1. The average molecular weight is 280 g/mol. The van der Waals surface area contributed by atoms with Crippen LogP contribution in [0.15, 0.2) is 30.8 Å². The van der Waals surface area contributed by atoms with Crippen molar-refractivity contribution in [1.29, 1.82) is 0 Å². The Morgan fingerprint density at radius 3 is 2.32 bits per heavy atom. The van der Waals surface area contributed by atoms with Crippen molar-refractivity contribution in [2.75, 3.05) is 19.6 Å². The molecule has 1 aromatic rings. The summed E-state index contributed by atoms with van der Waals surface area (Å²) in [7, 11) is 0. The fourth-order valence-electron chi connectivity index (χ4n) is 2.26. The van der Waals surface area contributed by atoms with Crippen molar-refractivity contribution < 1.29 is 0 Å². The number of hydrogen-bond acceptors (Lipinski definition) is 1. The van der Waals surface area contributed by atoms with Gasteiger partial charge in [-0.3, -0.25) is 0 Å². The molecule has 0 saturated heterocycles. The highest BCUT2D eigenvalue weighted by Gasteiger charge is 2.01. The van der Waals surface area contributed by atoms with Gasteiger partial charge in [-0.05, 0) is 56.4 Å². The van der Waals surface area contributed by atoms with E-state index in [2.05, 4.69) is 49.6 Å². The maximum Gasteiger partial charge on any atom is 0.0406 e. The standard InChI is InChI=1S/C17H26ClN/c1-4-13-19(5-2)14-7-6-8-16-9-11-17(12-10-16)15(3)18/h9-12H,3-8,13-14H2,1-2H3. The summed E-state index contributed by atoms with van der Waals surface area (Å²) in [5.41, 5.74) is 2.41. The summed E-state index contributed by atoms with van der Waals surface area (Å²) in [6.45, 7) is 11.8. The molecule has 0 atom stereocenters. The van der Waals surface area contributed by atoms with Crippen LogP contribution in [0.4, 0.5) is 0 Å². The lowest BCUT2D eigenvalue weighted by Crippen LogP contribution is -2.25. The van der Waals surface area contributed by atoms with Crippen LogP contribution in [0.3, 0.4) is 0 Å². The predicted octanol–water partition coefficient (Wildman–Crippen LogP) is 4.95. The molecule has 106 valence electrons. The maximum absolute atomic E-state index is 5.86. The van der Waals surface area contributed by atoms with Gasteiger partial charge in [0.1, 0.15) is 0 Å². The molecule has 0 fully saturated rings. The van der Waals surface area contributed by atoms with Crippen LogP contribution in [-0.4, -0.2) is 24.5 Å². The van der Waals surface area contributed by atoms with Crippen LogP contribution in [-0.2, 0) is 6.42 Å². The minimum atomic E-state index is 0.615. The second kappa shape index (κ2) is 9.17. The van der Waals surface area contributed by atoms with Crippen molar-refractivity contribution in [3.63, 3.8) is 0 Å². The molecule has 0 radical (unpaired) electrons. The van der Waals surface area contributed by atoms with E-state index >= 15 is 0 Å². The third-order valence-corrected chi connectivity index (χ3v) is 3.66. The number of unbranched alkanes of at least 4 members (excludes halogenated alkanes) is 1. The van der Waals surface area contributed by atoms with Gasteiger partial charge < -0.3 is 4.90 Å². The molecule has 0 heterocycles.